The van der Waals surface area contributed by atoms with Crippen molar-refractivity contribution in [3.05, 3.63) is 60.1 Å². The van der Waals surface area contributed by atoms with Crippen LogP contribution in [-0.2, 0) is 10.1 Å². The van der Waals surface area contributed by atoms with Gasteiger partial charge in [0.25, 0.3) is 10.1 Å². The zero-order valence-corrected chi connectivity index (χ0v) is 10.7. The van der Waals surface area contributed by atoms with E-state index in [9.17, 15) is 17.8 Å². The Bertz CT molecular complexity index is 644. The van der Waals surface area contributed by atoms with Crippen LogP contribution in [0.5, 0.6) is 0 Å². The first kappa shape index (κ1) is 13.5. The zero-order chi connectivity index (χ0) is 13.9. The van der Waals surface area contributed by atoms with Gasteiger partial charge in [0, 0.05) is 12.0 Å². The smallest absolute Gasteiger partial charge is 0.275 e. The second-order valence-corrected chi connectivity index (χ2v) is 5.61. The lowest BCUT2D eigenvalue weighted by Gasteiger charge is -2.10. The Morgan fingerprint density at radius 3 is 2.37 bits per heavy atom. The quantitative estimate of drug-likeness (QED) is 0.671. The first-order valence-electron chi connectivity index (χ1n) is 5.56. The molecule has 1 N–H and O–H groups in total. The number of furan rings is 1. The molecular formula is C13H12O5S. The van der Waals surface area contributed by atoms with E-state index in [1.54, 1.807) is 30.3 Å². The lowest BCUT2D eigenvalue weighted by Crippen LogP contribution is -2.16. The number of hydrogen-bond acceptors (Lipinski definition) is 4. The molecule has 5 nitrogen and oxygen atoms in total. The van der Waals surface area contributed by atoms with Crippen LogP contribution in [0.25, 0.3) is 0 Å². The highest BCUT2D eigenvalue weighted by Crippen LogP contribution is 2.27. The molecule has 100 valence electrons. The van der Waals surface area contributed by atoms with Crippen LogP contribution in [0.1, 0.15) is 27.8 Å². The molecule has 1 heterocycles. The summed E-state index contributed by atoms with van der Waals surface area (Å²) in [4.78, 5) is 12.0. The van der Waals surface area contributed by atoms with Crippen molar-refractivity contribution < 1.29 is 22.2 Å². The SMILES string of the molecule is O=C(CC(c1ccco1)S(=O)(=O)O)c1ccccc1. The molecule has 19 heavy (non-hydrogen) atoms. The Labute approximate surface area is 110 Å². The summed E-state index contributed by atoms with van der Waals surface area (Å²) in [6, 6.07) is 11.2. The summed E-state index contributed by atoms with van der Waals surface area (Å²) in [6.45, 7) is 0. The van der Waals surface area contributed by atoms with Crippen LogP contribution in [0, 0.1) is 0 Å². The van der Waals surface area contributed by atoms with Gasteiger partial charge in [-0.15, -0.1) is 0 Å². The molecule has 0 radical (unpaired) electrons. The highest BCUT2D eigenvalue weighted by atomic mass is 32.2. The highest BCUT2D eigenvalue weighted by molar-refractivity contribution is 7.86. The normalized spacial score (nSPS) is 13.1. The Hall–Kier alpha value is -1.92. The molecule has 6 heteroatoms. The fourth-order valence-electron chi connectivity index (χ4n) is 1.74. The van der Waals surface area contributed by atoms with Crippen molar-refractivity contribution in [3.63, 3.8) is 0 Å². The van der Waals surface area contributed by atoms with Crippen LogP contribution >= 0.6 is 0 Å². The molecule has 0 amide bonds. The van der Waals surface area contributed by atoms with Gasteiger partial charge < -0.3 is 4.42 Å². The van der Waals surface area contributed by atoms with Gasteiger partial charge in [0.15, 0.2) is 11.0 Å². The molecule has 0 aliphatic rings. The van der Waals surface area contributed by atoms with E-state index in [0.29, 0.717) is 5.56 Å². The van der Waals surface area contributed by atoms with Crippen LogP contribution in [0.3, 0.4) is 0 Å². The summed E-state index contributed by atoms with van der Waals surface area (Å²) >= 11 is 0. The third-order valence-electron chi connectivity index (χ3n) is 2.69. The Morgan fingerprint density at radius 2 is 1.84 bits per heavy atom. The molecule has 1 aromatic heterocycles. The first-order valence-corrected chi connectivity index (χ1v) is 7.07. The largest absolute Gasteiger partial charge is 0.468 e. The lowest BCUT2D eigenvalue weighted by molar-refractivity contribution is 0.0977. The maximum absolute atomic E-state index is 12.0. The van der Waals surface area contributed by atoms with Gasteiger partial charge in [-0.3, -0.25) is 9.35 Å². The van der Waals surface area contributed by atoms with E-state index in [2.05, 4.69) is 0 Å². The summed E-state index contributed by atoms with van der Waals surface area (Å²) in [5.41, 5.74) is 0.391. The number of carbonyl (C=O) groups excluding carboxylic acids is 1. The summed E-state index contributed by atoms with van der Waals surface area (Å²) in [6.07, 6.45) is 0.927. The van der Waals surface area contributed by atoms with Crippen LogP contribution < -0.4 is 0 Å². The van der Waals surface area contributed by atoms with Crippen molar-refractivity contribution in [2.24, 2.45) is 0 Å². The van der Waals surface area contributed by atoms with Crippen molar-refractivity contribution in [3.8, 4) is 0 Å². The van der Waals surface area contributed by atoms with Crippen molar-refractivity contribution in [1.29, 1.82) is 0 Å². The number of benzene rings is 1. The van der Waals surface area contributed by atoms with Crippen LogP contribution in [0.15, 0.2) is 53.1 Å². The number of carbonyl (C=O) groups is 1. The van der Waals surface area contributed by atoms with Crippen LogP contribution in [-0.4, -0.2) is 18.8 Å². The Kier molecular flexibility index (Phi) is 3.82. The summed E-state index contributed by atoms with van der Waals surface area (Å²) in [5.74, 6) is -0.327. The van der Waals surface area contributed by atoms with Gasteiger partial charge >= 0.3 is 0 Å². The molecule has 0 fully saturated rings. The standard InChI is InChI=1S/C13H12O5S/c14-11(10-5-2-1-3-6-10)9-13(19(15,16)17)12-7-4-8-18-12/h1-8,13H,9H2,(H,15,16,17). The number of ketones is 1. The summed E-state index contributed by atoms with van der Waals surface area (Å²) in [5, 5.41) is -1.38. The highest BCUT2D eigenvalue weighted by Gasteiger charge is 2.30. The number of Topliss-reactive ketones (excluding diaryl/α,β-unsaturated/α-hetero) is 1. The van der Waals surface area contributed by atoms with Gasteiger partial charge in [0.2, 0.25) is 0 Å². The molecule has 1 unspecified atom stereocenters. The van der Waals surface area contributed by atoms with Crippen LogP contribution in [0.2, 0.25) is 0 Å². The third kappa shape index (κ3) is 3.30. The molecule has 0 saturated heterocycles. The lowest BCUT2D eigenvalue weighted by atomic mass is 10.1. The van der Waals surface area contributed by atoms with Crippen molar-refractivity contribution in [2.75, 3.05) is 0 Å². The first-order chi connectivity index (χ1) is 8.98. The minimum atomic E-state index is -4.41. The minimum Gasteiger partial charge on any atom is -0.468 e. The number of hydrogen-bond donors (Lipinski definition) is 1. The summed E-state index contributed by atoms with van der Waals surface area (Å²) in [7, 11) is -4.41. The van der Waals surface area contributed by atoms with Gasteiger partial charge in [0.05, 0.1) is 6.26 Å². The molecule has 0 saturated carbocycles. The fraction of sp³-hybridized carbons (Fsp3) is 0.154. The van der Waals surface area contributed by atoms with Gasteiger partial charge in [0.1, 0.15) is 5.76 Å². The van der Waals surface area contributed by atoms with Gasteiger partial charge in [-0.2, -0.15) is 8.42 Å². The second-order valence-electron chi connectivity index (χ2n) is 4.01. The average Bonchev–Trinajstić information content (AvgIpc) is 2.88. The maximum Gasteiger partial charge on any atom is 0.275 e. The van der Waals surface area contributed by atoms with Gasteiger partial charge in [-0.1, -0.05) is 30.3 Å². The monoisotopic (exact) mass is 280 g/mol. The third-order valence-corrected chi connectivity index (χ3v) is 3.80. The van der Waals surface area contributed by atoms with E-state index < -0.39 is 15.4 Å². The molecule has 0 bridgehead atoms. The molecule has 0 aliphatic heterocycles. The Balaban J connectivity index is 2.26. The van der Waals surface area contributed by atoms with E-state index in [-0.39, 0.29) is 18.0 Å². The molecule has 2 rings (SSSR count). The fourth-order valence-corrected chi connectivity index (χ4v) is 2.53. The molecule has 1 atom stereocenters. The predicted octanol–water partition coefficient (Wildman–Crippen LogP) is 2.48. The van der Waals surface area contributed by atoms with E-state index in [1.165, 1.54) is 18.4 Å². The van der Waals surface area contributed by atoms with Crippen LogP contribution in [0.4, 0.5) is 0 Å². The van der Waals surface area contributed by atoms with E-state index in [0.717, 1.165) is 0 Å². The second kappa shape index (κ2) is 5.38. The van der Waals surface area contributed by atoms with Crippen molar-refractivity contribution >= 4 is 15.9 Å². The van der Waals surface area contributed by atoms with Gasteiger partial charge in [-0.25, -0.2) is 0 Å². The topological polar surface area (TPSA) is 84.6 Å². The average molecular weight is 280 g/mol. The zero-order valence-electron chi connectivity index (χ0n) is 9.89. The molecular weight excluding hydrogens is 268 g/mol. The predicted molar refractivity (Wildman–Crippen MR) is 68.4 cm³/mol. The van der Waals surface area contributed by atoms with E-state index >= 15 is 0 Å². The Morgan fingerprint density at radius 1 is 1.16 bits per heavy atom. The molecule has 2 aromatic rings. The van der Waals surface area contributed by atoms with Crippen molar-refractivity contribution in [1.82, 2.24) is 0 Å². The van der Waals surface area contributed by atoms with E-state index in [4.69, 9.17) is 4.42 Å². The molecule has 1 aromatic carbocycles. The summed E-state index contributed by atoms with van der Waals surface area (Å²) < 4.78 is 36.9. The van der Waals surface area contributed by atoms with E-state index in [1.807, 2.05) is 0 Å². The van der Waals surface area contributed by atoms with Crippen molar-refractivity contribution in [2.45, 2.75) is 11.7 Å². The number of rotatable bonds is 5. The minimum absolute atomic E-state index is 0.0479. The molecule has 0 aliphatic carbocycles. The van der Waals surface area contributed by atoms with Gasteiger partial charge in [-0.05, 0) is 12.1 Å². The molecule has 0 spiro atoms. The maximum atomic E-state index is 12.0.